The van der Waals surface area contributed by atoms with Crippen molar-refractivity contribution in [1.29, 1.82) is 0 Å². The van der Waals surface area contributed by atoms with Crippen molar-refractivity contribution in [3.8, 4) is 22.5 Å². The summed E-state index contributed by atoms with van der Waals surface area (Å²) in [4.78, 5) is 25.0. The molecule has 1 aromatic heterocycles. The smallest absolute Gasteiger partial charge is 0.326 e. The van der Waals surface area contributed by atoms with E-state index in [0.29, 0.717) is 31.6 Å². The number of carbonyl (C=O) groups excluding carboxylic acids is 1. The van der Waals surface area contributed by atoms with Gasteiger partial charge < -0.3 is 19.6 Å². The number of carbonyl (C=O) groups is 2. The molecule has 6 nitrogen and oxygen atoms in total. The molecule has 4 aromatic rings. The molecule has 0 saturated carbocycles. The van der Waals surface area contributed by atoms with Crippen molar-refractivity contribution in [1.82, 2.24) is 5.32 Å². The lowest BCUT2D eigenvalue weighted by atomic mass is 9.93. The van der Waals surface area contributed by atoms with Crippen molar-refractivity contribution < 1.29 is 23.8 Å². The Hall–Kier alpha value is -4.16. The standard InChI is InChI=1S/C35H39NO5/c1-4-6-14-27-21-32(26-15-8-7-9-16-26)41-33(27)23-40-22-25-18-19-29(34(37)36-31(12-5-2)35(38)39)30(20-25)28-17-11-10-13-24(28)3/h7-11,13,15-21,31H,4-6,12,14,22-23H2,1-3H3,(H,36,37)(H,38,39)/t31-/m0/s1. The van der Waals surface area contributed by atoms with Crippen molar-refractivity contribution in [3.05, 3.63) is 107 Å². The van der Waals surface area contributed by atoms with E-state index < -0.39 is 17.9 Å². The number of aliphatic carboxylic acids is 1. The van der Waals surface area contributed by atoms with Gasteiger partial charge in [0.2, 0.25) is 0 Å². The molecule has 1 heterocycles. The average Bonchev–Trinajstić information content (AvgIpc) is 3.39. The van der Waals surface area contributed by atoms with Crippen LogP contribution >= 0.6 is 0 Å². The van der Waals surface area contributed by atoms with Gasteiger partial charge in [0.15, 0.2) is 0 Å². The predicted molar refractivity (Wildman–Crippen MR) is 162 cm³/mol. The van der Waals surface area contributed by atoms with Crippen LogP contribution in [-0.2, 0) is 29.2 Å². The Bertz CT molecular complexity index is 1460. The Morgan fingerprint density at radius 3 is 2.37 bits per heavy atom. The number of benzene rings is 3. The minimum absolute atomic E-state index is 0.336. The lowest BCUT2D eigenvalue weighted by Crippen LogP contribution is -2.40. The molecule has 0 aliphatic carbocycles. The Morgan fingerprint density at radius 2 is 1.66 bits per heavy atom. The summed E-state index contributed by atoms with van der Waals surface area (Å²) in [6, 6.07) is 24.7. The summed E-state index contributed by atoms with van der Waals surface area (Å²) in [5.74, 6) is 0.244. The third kappa shape index (κ3) is 7.74. The fraction of sp³-hybridized carbons (Fsp3) is 0.314. The Morgan fingerprint density at radius 1 is 0.902 bits per heavy atom. The summed E-state index contributed by atoms with van der Waals surface area (Å²) in [5, 5.41) is 12.3. The Kier molecular flexibility index (Phi) is 10.5. The average molecular weight is 554 g/mol. The quantitative estimate of drug-likeness (QED) is 0.165. The molecule has 1 amide bonds. The zero-order valence-electron chi connectivity index (χ0n) is 24.1. The predicted octanol–water partition coefficient (Wildman–Crippen LogP) is 7.96. The van der Waals surface area contributed by atoms with E-state index in [1.165, 1.54) is 5.56 Å². The van der Waals surface area contributed by atoms with Crippen LogP contribution in [0.15, 0.2) is 83.3 Å². The van der Waals surface area contributed by atoms with E-state index in [1.54, 1.807) is 6.07 Å². The second-order valence-electron chi connectivity index (χ2n) is 10.4. The molecule has 0 unspecified atom stereocenters. The van der Waals surface area contributed by atoms with Gasteiger partial charge in [-0.25, -0.2) is 4.79 Å². The SMILES string of the molecule is CCCCc1cc(-c2ccccc2)oc1COCc1ccc(C(=O)N[C@@H](CCC)C(=O)O)c(-c2ccccc2C)c1. The molecule has 0 fully saturated rings. The molecule has 2 N–H and O–H groups in total. The summed E-state index contributed by atoms with van der Waals surface area (Å²) in [7, 11) is 0. The fourth-order valence-corrected chi connectivity index (χ4v) is 4.93. The van der Waals surface area contributed by atoms with Crippen molar-refractivity contribution >= 4 is 11.9 Å². The number of carboxylic acids is 1. The molecule has 0 aliphatic heterocycles. The first-order valence-corrected chi connectivity index (χ1v) is 14.4. The summed E-state index contributed by atoms with van der Waals surface area (Å²) >= 11 is 0. The second kappa shape index (κ2) is 14.5. The highest BCUT2D eigenvalue weighted by molar-refractivity contribution is 6.02. The minimum atomic E-state index is -1.03. The van der Waals surface area contributed by atoms with Gasteiger partial charge in [0.25, 0.3) is 5.91 Å². The van der Waals surface area contributed by atoms with E-state index in [9.17, 15) is 14.7 Å². The van der Waals surface area contributed by atoms with Crippen LogP contribution in [0.1, 0.15) is 72.3 Å². The van der Waals surface area contributed by atoms with Crippen molar-refractivity contribution in [2.45, 2.75) is 72.1 Å². The van der Waals surface area contributed by atoms with Gasteiger partial charge >= 0.3 is 5.97 Å². The summed E-state index contributed by atoms with van der Waals surface area (Å²) < 4.78 is 12.4. The molecular weight excluding hydrogens is 514 g/mol. The summed E-state index contributed by atoms with van der Waals surface area (Å²) in [5.41, 5.74) is 6.24. The first-order valence-electron chi connectivity index (χ1n) is 14.4. The van der Waals surface area contributed by atoms with Crippen LogP contribution in [0.4, 0.5) is 0 Å². The minimum Gasteiger partial charge on any atom is -0.480 e. The lowest BCUT2D eigenvalue weighted by molar-refractivity contribution is -0.139. The third-order valence-electron chi connectivity index (χ3n) is 7.20. The van der Waals surface area contributed by atoms with Gasteiger partial charge in [-0.05, 0) is 72.2 Å². The molecule has 3 aromatic carbocycles. The van der Waals surface area contributed by atoms with Gasteiger partial charge in [-0.2, -0.15) is 0 Å². The van der Waals surface area contributed by atoms with Gasteiger partial charge in [-0.3, -0.25) is 4.79 Å². The van der Waals surface area contributed by atoms with Gasteiger partial charge in [0.05, 0.1) is 6.61 Å². The highest BCUT2D eigenvalue weighted by Gasteiger charge is 2.22. The van der Waals surface area contributed by atoms with E-state index in [2.05, 4.69) is 18.3 Å². The topological polar surface area (TPSA) is 88.8 Å². The normalized spacial score (nSPS) is 11.8. The Labute approximate surface area is 242 Å². The zero-order chi connectivity index (χ0) is 29.2. The number of carboxylic acid groups (broad SMARTS) is 1. The number of amides is 1. The van der Waals surface area contributed by atoms with Crippen LogP contribution in [0.25, 0.3) is 22.5 Å². The van der Waals surface area contributed by atoms with E-state index >= 15 is 0 Å². The van der Waals surface area contributed by atoms with Crippen LogP contribution in [0.2, 0.25) is 0 Å². The molecular formula is C35H39NO5. The molecule has 214 valence electrons. The summed E-state index contributed by atoms with van der Waals surface area (Å²) in [6.07, 6.45) is 4.12. The number of ether oxygens (including phenoxy) is 1. The van der Waals surface area contributed by atoms with Crippen LogP contribution in [0.3, 0.4) is 0 Å². The van der Waals surface area contributed by atoms with Gasteiger partial charge in [-0.1, -0.05) is 87.4 Å². The molecule has 0 spiro atoms. The van der Waals surface area contributed by atoms with E-state index in [-0.39, 0.29) is 0 Å². The molecule has 6 heteroatoms. The summed E-state index contributed by atoms with van der Waals surface area (Å²) in [6.45, 7) is 6.74. The zero-order valence-corrected chi connectivity index (χ0v) is 24.1. The molecule has 1 atom stereocenters. The number of hydrogen-bond acceptors (Lipinski definition) is 4. The number of aryl methyl sites for hydroxylation is 2. The molecule has 0 aliphatic rings. The van der Waals surface area contributed by atoms with Crippen LogP contribution in [0.5, 0.6) is 0 Å². The maximum absolute atomic E-state index is 13.3. The third-order valence-corrected chi connectivity index (χ3v) is 7.20. The number of unbranched alkanes of at least 4 members (excludes halogenated alkanes) is 1. The van der Waals surface area contributed by atoms with Crippen molar-refractivity contribution in [2.75, 3.05) is 0 Å². The maximum atomic E-state index is 13.3. The Balaban J connectivity index is 1.56. The first-order chi connectivity index (χ1) is 19.9. The lowest BCUT2D eigenvalue weighted by Gasteiger charge is -2.17. The monoisotopic (exact) mass is 553 g/mol. The van der Waals surface area contributed by atoms with Crippen LogP contribution in [-0.4, -0.2) is 23.0 Å². The number of nitrogens with one attached hydrogen (secondary N) is 1. The van der Waals surface area contributed by atoms with Gasteiger partial charge in [0, 0.05) is 11.1 Å². The molecule has 0 saturated heterocycles. The number of furan rings is 1. The van der Waals surface area contributed by atoms with E-state index in [1.807, 2.05) is 80.6 Å². The number of hydrogen-bond donors (Lipinski definition) is 2. The molecule has 41 heavy (non-hydrogen) atoms. The first kappa shape index (κ1) is 29.8. The maximum Gasteiger partial charge on any atom is 0.326 e. The second-order valence-corrected chi connectivity index (χ2v) is 10.4. The van der Waals surface area contributed by atoms with Crippen molar-refractivity contribution in [3.63, 3.8) is 0 Å². The molecule has 0 radical (unpaired) electrons. The largest absolute Gasteiger partial charge is 0.480 e. The highest BCUT2D eigenvalue weighted by Crippen LogP contribution is 2.30. The van der Waals surface area contributed by atoms with E-state index in [4.69, 9.17) is 9.15 Å². The fourth-order valence-electron chi connectivity index (χ4n) is 4.93. The van der Waals surface area contributed by atoms with Gasteiger partial charge in [0.1, 0.15) is 24.2 Å². The van der Waals surface area contributed by atoms with Gasteiger partial charge in [-0.15, -0.1) is 0 Å². The van der Waals surface area contributed by atoms with Crippen LogP contribution in [0, 0.1) is 6.92 Å². The van der Waals surface area contributed by atoms with E-state index in [0.717, 1.165) is 58.6 Å². The highest BCUT2D eigenvalue weighted by atomic mass is 16.5. The number of rotatable bonds is 14. The van der Waals surface area contributed by atoms with Crippen LogP contribution < -0.4 is 5.32 Å². The molecule has 0 bridgehead atoms. The molecule has 4 rings (SSSR count). The van der Waals surface area contributed by atoms with Crippen molar-refractivity contribution in [2.24, 2.45) is 0 Å².